The fraction of sp³-hybridized carbons (Fsp3) is 0.333. The summed E-state index contributed by atoms with van der Waals surface area (Å²) in [7, 11) is 0. The molecule has 0 amide bonds. The highest BCUT2D eigenvalue weighted by molar-refractivity contribution is 5.25. The fourth-order valence-electron chi connectivity index (χ4n) is 0.587. The maximum absolute atomic E-state index is 3.06. The molecule has 1 heteroatoms. The summed E-state index contributed by atoms with van der Waals surface area (Å²) < 4.78 is 0. The molecule has 0 aromatic carbocycles. The SMILES string of the molecule is C/C=C1/C=CC=CN1.CC. The Balaban J connectivity index is 0.000000371. The summed E-state index contributed by atoms with van der Waals surface area (Å²) >= 11 is 0. The van der Waals surface area contributed by atoms with Crippen molar-refractivity contribution in [2.45, 2.75) is 20.8 Å². The van der Waals surface area contributed by atoms with Gasteiger partial charge in [-0.1, -0.05) is 26.0 Å². The van der Waals surface area contributed by atoms with Gasteiger partial charge in [-0.15, -0.1) is 0 Å². The van der Waals surface area contributed by atoms with Gasteiger partial charge in [-0.05, 0) is 19.1 Å². The van der Waals surface area contributed by atoms with Crippen LogP contribution >= 0.6 is 0 Å². The molecule has 0 saturated heterocycles. The van der Waals surface area contributed by atoms with Gasteiger partial charge in [0.2, 0.25) is 0 Å². The molecule has 0 radical (unpaired) electrons. The van der Waals surface area contributed by atoms with E-state index in [0.29, 0.717) is 0 Å². The van der Waals surface area contributed by atoms with E-state index in [9.17, 15) is 0 Å². The van der Waals surface area contributed by atoms with Crippen LogP contribution in [0.25, 0.3) is 0 Å². The van der Waals surface area contributed by atoms with Crippen LogP contribution in [0, 0.1) is 0 Å². The maximum atomic E-state index is 3.06. The molecule has 0 spiro atoms. The Bertz CT molecular complexity index is 152. The largest absolute Gasteiger partial charge is 0.362 e. The second-order valence-corrected chi connectivity index (χ2v) is 1.61. The molecule has 0 aliphatic carbocycles. The molecule has 1 rings (SSSR count). The highest BCUT2D eigenvalue weighted by Gasteiger charge is 1.85. The van der Waals surface area contributed by atoms with Gasteiger partial charge in [0.15, 0.2) is 0 Å². The summed E-state index contributed by atoms with van der Waals surface area (Å²) in [6.07, 6.45) is 9.94. The van der Waals surface area contributed by atoms with E-state index < -0.39 is 0 Å². The Morgan fingerprint density at radius 1 is 1.30 bits per heavy atom. The van der Waals surface area contributed by atoms with Gasteiger partial charge >= 0.3 is 0 Å². The van der Waals surface area contributed by atoms with E-state index in [1.807, 2.05) is 51.3 Å². The van der Waals surface area contributed by atoms with Crippen LogP contribution in [0.15, 0.2) is 36.2 Å². The molecular formula is C9H15N. The second kappa shape index (κ2) is 6.14. The summed E-state index contributed by atoms with van der Waals surface area (Å²) in [4.78, 5) is 0. The number of nitrogens with one attached hydrogen (secondary N) is 1. The molecule has 1 heterocycles. The van der Waals surface area contributed by atoms with Crippen molar-refractivity contribution in [1.82, 2.24) is 5.32 Å². The first-order valence-corrected chi connectivity index (χ1v) is 3.69. The van der Waals surface area contributed by atoms with Crippen LogP contribution in [0.2, 0.25) is 0 Å². The van der Waals surface area contributed by atoms with Crippen molar-refractivity contribution in [2.24, 2.45) is 0 Å². The molecule has 1 nitrogen and oxygen atoms in total. The standard InChI is InChI=1S/C7H9N.C2H6/c1-2-7-5-3-4-6-8-7;1-2/h2-6,8H,1H3;1-2H3/b7-2-;. The first-order valence-electron chi connectivity index (χ1n) is 3.69. The van der Waals surface area contributed by atoms with Crippen molar-refractivity contribution in [1.29, 1.82) is 0 Å². The van der Waals surface area contributed by atoms with E-state index in [1.165, 1.54) is 0 Å². The van der Waals surface area contributed by atoms with Crippen LogP contribution in [-0.2, 0) is 0 Å². The van der Waals surface area contributed by atoms with Crippen LogP contribution in [0.5, 0.6) is 0 Å². The first-order chi connectivity index (χ1) is 4.93. The van der Waals surface area contributed by atoms with Crippen LogP contribution in [0.3, 0.4) is 0 Å². The predicted octanol–water partition coefficient (Wildman–Crippen LogP) is 2.59. The average Bonchev–Trinajstić information content (AvgIpc) is 2.10. The zero-order valence-corrected chi connectivity index (χ0v) is 6.89. The van der Waals surface area contributed by atoms with Gasteiger partial charge in [-0.25, -0.2) is 0 Å². The Morgan fingerprint density at radius 2 is 2.00 bits per heavy atom. The fourth-order valence-corrected chi connectivity index (χ4v) is 0.587. The molecule has 0 saturated carbocycles. The molecule has 0 fully saturated rings. The zero-order chi connectivity index (χ0) is 7.82. The van der Waals surface area contributed by atoms with E-state index in [4.69, 9.17) is 0 Å². The summed E-state index contributed by atoms with van der Waals surface area (Å²) in [6, 6.07) is 0. The van der Waals surface area contributed by atoms with Gasteiger partial charge in [0, 0.05) is 11.9 Å². The monoisotopic (exact) mass is 137 g/mol. The lowest BCUT2D eigenvalue weighted by Crippen LogP contribution is -2.03. The Labute approximate surface area is 63.1 Å². The van der Waals surface area contributed by atoms with Crippen LogP contribution in [0.4, 0.5) is 0 Å². The third kappa shape index (κ3) is 3.13. The molecular weight excluding hydrogens is 122 g/mol. The van der Waals surface area contributed by atoms with Crippen molar-refractivity contribution in [3.63, 3.8) is 0 Å². The van der Waals surface area contributed by atoms with Crippen LogP contribution in [-0.4, -0.2) is 0 Å². The van der Waals surface area contributed by atoms with E-state index >= 15 is 0 Å². The minimum absolute atomic E-state index is 1.16. The first kappa shape index (κ1) is 9.02. The van der Waals surface area contributed by atoms with Gasteiger partial charge in [0.1, 0.15) is 0 Å². The lowest BCUT2D eigenvalue weighted by Gasteiger charge is -2.01. The summed E-state index contributed by atoms with van der Waals surface area (Å²) in [5.74, 6) is 0. The minimum Gasteiger partial charge on any atom is -0.362 e. The van der Waals surface area contributed by atoms with E-state index in [2.05, 4.69) is 5.32 Å². The summed E-state index contributed by atoms with van der Waals surface area (Å²) in [6.45, 7) is 6.01. The van der Waals surface area contributed by atoms with E-state index in [0.717, 1.165) is 5.70 Å². The van der Waals surface area contributed by atoms with Gasteiger partial charge in [-0.2, -0.15) is 0 Å². The molecule has 0 bridgehead atoms. The summed E-state index contributed by atoms with van der Waals surface area (Å²) in [5, 5.41) is 3.06. The normalized spacial score (nSPS) is 17.7. The minimum atomic E-state index is 1.16. The van der Waals surface area contributed by atoms with Crippen molar-refractivity contribution < 1.29 is 0 Å². The molecule has 1 aliphatic rings. The topological polar surface area (TPSA) is 12.0 Å². The Morgan fingerprint density at radius 3 is 2.30 bits per heavy atom. The van der Waals surface area contributed by atoms with Crippen molar-refractivity contribution in [3.8, 4) is 0 Å². The van der Waals surface area contributed by atoms with Crippen molar-refractivity contribution in [2.75, 3.05) is 0 Å². The van der Waals surface area contributed by atoms with Crippen LogP contribution in [0.1, 0.15) is 20.8 Å². The van der Waals surface area contributed by atoms with Gasteiger partial charge in [-0.3, -0.25) is 0 Å². The van der Waals surface area contributed by atoms with Gasteiger partial charge < -0.3 is 5.32 Å². The number of rotatable bonds is 0. The van der Waals surface area contributed by atoms with Crippen molar-refractivity contribution in [3.05, 3.63) is 36.2 Å². The molecule has 0 aromatic rings. The van der Waals surface area contributed by atoms with Crippen LogP contribution < -0.4 is 5.32 Å². The molecule has 10 heavy (non-hydrogen) atoms. The predicted molar refractivity (Wildman–Crippen MR) is 46.5 cm³/mol. The van der Waals surface area contributed by atoms with Gasteiger partial charge in [0.05, 0.1) is 0 Å². The molecule has 0 atom stereocenters. The molecule has 1 aliphatic heterocycles. The quantitative estimate of drug-likeness (QED) is 0.541. The lowest BCUT2D eigenvalue weighted by molar-refractivity contribution is 1.09. The Hall–Kier alpha value is -0.980. The van der Waals surface area contributed by atoms with Gasteiger partial charge in [0.25, 0.3) is 0 Å². The second-order valence-electron chi connectivity index (χ2n) is 1.61. The molecule has 0 unspecified atom stereocenters. The maximum Gasteiger partial charge on any atom is 0.0336 e. The highest BCUT2D eigenvalue weighted by Crippen LogP contribution is 1.95. The number of allylic oxidation sites excluding steroid dienone is 4. The Kier molecular flexibility index (Phi) is 5.54. The highest BCUT2D eigenvalue weighted by atomic mass is 14.8. The number of dihydropyridines is 1. The van der Waals surface area contributed by atoms with E-state index in [-0.39, 0.29) is 0 Å². The third-order valence-electron chi connectivity index (χ3n) is 1.04. The number of hydrogen-bond acceptors (Lipinski definition) is 1. The smallest absolute Gasteiger partial charge is 0.0336 e. The average molecular weight is 137 g/mol. The molecule has 56 valence electrons. The van der Waals surface area contributed by atoms with Crippen molar-refractivity contribution >= 4 is 0 Å². The summed E-state index contributed by atoms with van der Waals surface area (Å²) in [5.41, 5.74) is 1.16. The third-order valence-corrected chi connectivity index (χ3v) is 1.04. The lowest BCUT2D eigenvalue weighted by atomic mass is 10.3. The zero-order valence-electron chi connectivity index (χ0n) is 6.89. The van der Waals surface area contributed by atoms with E-state index in [1.54, 1.807) is 0 Å². The molecule has 0 aromatic heterocycles. The molecule has 1 N–H and O–H groups in total. The number of hydrogen-bond donors (Lipinski definition) is 1.